The number of methoxy groups -OCH3 is 1. The Morgan fingerprint density at radius 2 is 1.86 bits per heavy atom. The molecule has 1 aliphatic rings. The minimum Gasteiger partial charge on any atom is -0.497 e. The summed E-state index contributed by atoms with van der Waals surface area (Å²) in [5.41, 5.74) is 4.41. The summed E-state index contributed by atoms with van der Waals surface area (Å²) >= 11 is 0. The lowest BCUT2D eigenvalue weighted by atomic mass is 9.94. The van der Waals surface area contributed by atoms with Gasteiger partial charge in [0.2, 0.25) is 5.82 Å². The van der Waals surface area contributed by atoms with Crippen molar-refractivity contribution in [3.05, 3.63) is 95.4 Å². The fourth-order valence-electron chi connectivity index (χ4n) is 4.19. The Morgan fingerprint density at radius 3 is 2.51 bits per heavy atom. The molecule has 1 unspecified atom stereocenters. The normalized spacial score (nSPS) is 15.9. The molecule has 178 valence electrons. The van der Waals surface area contributed by atoms with E-state index in [1.807, 2.05) is 49.4 Å². The second-order valence-corrected chi connectivity index (χ2v) is 8.29. The largest absolute Gasteiger partial charge is 0.497 e. The van der Waals surface area contributed by atoms with Gasteiger partial charge in [-0.05, 0) is 48.7 Å². The molecule has 0 radical (unpaired) electrons. The smallest absolute Gasteiger partial charge is 0.322 e. The highest BCUT2D eigenvalue weighted by Crippen LogP contribution is 2.38. The Bertz CT molecular complexity index is 1340. The third-order valence-corrected chi connectivity index (χ3v) is 6.22. The van der Waals surface area contributed by atoms with Gasteiger partial charge in [0.15, 0.2) is 0 Å². The minimum absolute atomic E-state index is 0.238. The first kappa shape index (κ1) is 22.5. The molecule has 0 aliphatic carbocycles. The lowest BCUT2D eigenvalue weighted by Crippen LogP contribution is -2.45. The summed E-state index contributed by atoms with van der Waals surface area (Å²) in [6.45, 7) is 4.28. The van der Waals surface area contributed by atoms with Crippen LogP contribution in [0.4, 0.5) is 4.79 Å². The number of nitrogens with one attached hydrogen (secondary N) is 1. The maximum atomic E-state index is 13.1. The molecule has 0 saturated carbocycles. The van der Waals surface area contributed by atoms with Crippen LogP contribution in [0, 0.1) is 0 Å². The van der Waals surface area contributed by atoms with Crippen molar-refractivity contribution in [2.45, 2.75) is 32.9 Å². The van der Waals surface area contributed by atoms with E-state index in [1.54, 1.807) is 24.3 Å². The van der Waals surface area contributed by atoms with Crippen LogP contribution in [0.5, 0.6) is 5.75 Å². The minimum atomic E-state index is -0.475. The van der Waals surface area contributed by atoms with Gasteiger partial charge in [0.25, 0.3) is 5.89 Å². The topological polar surface area (TPSA) is 93.6 Å². The number of hydrogen-bond acceptors (Lipinski definition) is 6. The quantitative estimate of drug-likeness (QED) is 0.378. The number of benzene rings is 2. The number of amides is 2. The number of furan rings is 1. The number of carbonyl (C=O) groups excluding carboxylic acids is 1. The Labute approximate surface area is 203 Å². The monoisotopic (exact) mass is 470 g/mol. The summed E-state index contributed by atoms with van der Waals surface area (Å²) in [6.07, 6.45) is 2.55. The third kappa shape index (κ3) is 4.42. The zero-order chi connectivity index (χ0) is 24.4. The van der Waals surface area contributed by atoms with Crippen molar-refractivity contribution in [1.82, 2.24) is 20.4 Å². The highest BCUT2D eigenvalue weighted by atomic mass is 16.5. The molecule has 1 atom stereocenters. The van der Waals surface area contributed by atoms with Gasteiger partial charge < -0.3 is 19.0 Å². The first-order valence-electron chi connectivity index (χ1n) is 11.5. The molecule has 0 fully saturated rings. The van der Waals surface area contributed by atoms with Crippen LogP contribution in [0.15, 0.2) is 81.6 Å². The summed E-state index contributed by atoms with van der Waals surface area (Å²) in [5.74, 6) is 2.24. The van der Waals surface area contributed by atoms with Crippen molar-refractivity contribution in [2.24, 2.45) is 0 Å². The van der Waals surface area contributed by atoms with E-state index in [4.69, 9.17) is 18.7 Å². The molecule has 3 heterocycles. The molecule has 2 aromatic carbocycles. The van der Waals surface area contributed by atoms with Crippen LogP contribution in [-0.4, -0.2) is 28.2 Å². The standard InChI is InChI=1S/C27H26N4O4/c1-4-18-7-9-20(10-8-18)25-29-26(35-30-25)23-17(2)31(16-22-6-5-15-34-22)27(32)28-24(23)19-11-13-21(33-3)14-12-19/h5-15,24H,4,16H2,1-3H3,(H,28,32). The number of aryl methyl sites for hydroxylation is 1. The first-order chi connectivity index (χ1) is 17.1. The fourth-order valence-corrected chi connectivity index (χ4v) is 4.19. The summed E-state index contributed by atoms with van der Waals surface area (Å²) in [5, 5.41) is 7.33. The Kier molecular flexibility index (Phi) is 6.10. The zero-order valence-electron chi connectivity index (χ0n) is 19.8. The second kappa shape index (κ2) is 9.50. The van der Waals surface area contributed by atoms with Crippen LogP contribution >= 0.6 is 0 Å². The van der Waals surface area contributed by atoms with E-state index < -0.39 is 6.04 Å². The molecule has 8 nitrogen and oxygen atoms in total. The molecular weight excluding hydrogens is 444 g/mol. The van der Waals surface area contributed by atoms with Crippen molar-refractivity contribution in [1.29, 1.82) is 0 Å². The van der Waals surface area contributed by atoms with Gasteiger partial charge in [0.05, 0.1) is 31.5 Å². The number of nitrogens with zero attached hydrogens (tertiary/aromatic N) is 3. The van der Waals surface area contributed by atoms with Crippen molar-refractivity contribution < 1.29 is 18.5 Å². The van der Waals surface area contributed by atoms with Gasteiger partial charge in [-0.3, -0.25) is 4.90 Å². The van der Waals surface area contributed by atoms with Crippen LogP contribution < -0.4 is 10.1 Å². The van der Waals surface area contributed by atoms with Crippen molar-refractivity contribution in [3.8, 4) is 17.1 Å². The van der Waals surface area contributed by atoms with Crippen LogP contribution in [0.1, 0.15) is 42.7 Å². The van der Waals surface area contributed by atoms with E-state index in [2.05, 4.69) is 29.5 Å². The average molecular weight is 471 g/mol. The van der Waals surface area contributed by atoms with Crippen LogP contribution in [0.25, 0.3) is 17.0 Å². The van der Waals surface area contributed by atoms with Gasteiger partial charge in [-0.2, -0.15) is 4.98 Å². The molecule has 8 heteroatoms. The predicted molar refractivity (Wildman–Crippen MR) is 130 cm³/mol. The van der Waals surface area contributed by atoms with E-state index in [-0.39, 0.29) is 12.6 Å². The van der Waals surface area contributed by atoms with E-state index in [1.165, 1.54) is 5.56 Å². The molecule has 2 amide bonds. The maximum absolute atomic E-state index is 13.1. The zero-order valence-corrected chi connectivity index (χ0v) is 19.8. The molecule has 0 saturated heterocycles. The summed E-state index contributed by atoms with van der Waals surface area (Å²) in [6, 6.07) is 18.6. The van der Waals surface area contributed by atoms with E-state index in [0.717, 1.165) is 28.9 Å². The summed E-state index contributed by atoms with van der Waals surface area (Å²) < 4.78 is 16.5. The number of hydrogen-bond donors (Lipinski definition) is 1. The SMILES string of the molecule is CCc1ccc(-c2noc(C3=C(C)N(Cc4ccco4)C(=O)NC3c3ccc(OC)cc3)n2)cc1. The highest BCUT2D eigenvalue weighted by molar-refractivity contribution is 5.86. The van der Waals surface area contributed by atoms with Crippen molar-refractivity contribution in [2.75, 3.05) is 7.11 Å². The van der Waals surface area contributed by atoms with E-state index in [0.29, 0.717) is 23.2 Å². The van der Waals surface area contributed by atoms with Crippen molar-refractivity contribution in [3.63, 3.8) is 0 Å². The Morgan fingerprint density at radius 1 is 1.09 bits per heavy atom. The molecule has 5 rings (SSSR count). The van der Waals surface area contributed by atoms with Gasteiger partial charge in [0.1, 0.15) is 11.5 Å². The lowest BCUT2D eigenvalue weighted by molar-refractivity contribution is 0.199. The second-order valence-electron chi connectivity index (χ2n) is 8.29. The van der Waals surface area contributed by atoms with Gasteiger partial charge in [-0.15, -0.1) is 0 Å². The number of aromatic nitrogens is 2. The predicted octanol–water partition coefficient (Wildman–Crippen LogP) is 5.60. The molecule has 4 aromatic rings. The average Bonchev–Trinajstić information content (AvgIpc) is 3.59. The van der Waals surface area contributed by atoms with Crippen LogP contribution in [0.2, 0.25) is 0 Å². The molecule has 35 heavy (non-hydrogen) atoms. The van der Waals surface area contributed by atoms with E-state index in [9.17, 15) is 4.79 Å². The Hall–Kier alpha value is -4.33. The van der Waals surface area contributed by atoms with Crippen LogP contribution in [-0.2, 0) is 13.0 Å². The summed E-state index contributed by atoms with van der Waals surface area (Å²) in [4.78, 5) is 19.5. The number of urea groups is 1. The summed E-state index contributed by atoms with van der Waals surface area (Å²) in [7, 11) is 1.62. The third-order valence-electron chi connectivity index (χ3n) is 6.22. The van der Waals surface area contributed by atoms with Gasteiger partial charge >= 0.3 is 6.03 Å². The number of ether oxygens (including phenoxy) is 1. The molecule has 0 bridgehead atoms. The molecule has 2 aromatic heterocycles. The lowest BCUT2D eigenvalue weighted by Gasteiger charge is -2.34. The Balaban J connectivity index is 1.57. The van der Waals surface area contributed by atoms with E-state index >= 15 is 0 Å². The number of carbonyl (C=O) groups is 1. The van der Waals surface area contributed by atoms with Gasteiger partial charge in [0, 0.05) is 11.3 Å². The molecular formula is C27H26N4O4. The molecule has 1 N–H and O–H groups in total. The number of allylic oxidation sites excluding steroid dienone is 1. The maximum Gasteiger partial charge on any atom is 0.322 e. The molecule has 1 aliphatic heterocycles. The number of rotatable bonds is 7. The first-order valence-corrected chi connectivity index (χ1v) is 11.5. The molecule has 0 spiro atoms. The van der Waals surface area contributed by atoms with Gasteiger partial charge in [-0.25, -0.2) is 4.79 Å². The fraction of sp³-hybridized carbons (Fsp3) is 0.222. The highest BCUT2D eigenvalue weighted by Gasteiger charge is 2.36. The van der Waals surface area contributed by atoms with Crippen molar-refractivity contribution >= 4 is 11.6 Å². The van der Waals surface area contributed by atoms with Crippen LogP contribution in [0.3, 0.4) is 0 Å². The van der Waals surface area contributed by atoms with Gasteiger partial charge in [-0.1, -0.05) is 48.5 Å².